The zero-order valence-electron chi connectivity index (χ0n) is 11.9. The molecule has 0 fully saturated rings. The van der Waals surface area contributed by atoms with Gasteiger partial charge in [0.1, 0.15) is 0 Å². The molecule has 0 N–H and O–H groups in total. The van der Waals surface area contributed by atoms with Crippen LogP contribution in [0.25, 0.3) is 0 Å². The molecular formula is C18H12Cl3FSi. The number of hydrogen-bond acceptors (Lipinski definition) is 0. The van der Waals surface area contributed by atoms with Crippen LogP contribution in [0.1, 0.15) is 0 Å². The molecule has 116 valence electrons. The fourth-order valence-corrected chi connectivity index (χ4v) is 5.79. The van der Waals surface area contributed by atoms with Gasteiger partial charge in [-0.1, -0.05) is 71.2 Å². The molecule has 0 aliphatic rings. The van der Waals surface area contributed by atoms with Gasteiger partial charge in [-0.2, -0.15) is 0 Å². The van der Waals surface area contributed by atoms with E-state index in [4.69, 9.17) is 34.8 Å². The van der Waals surface area contributed by atoms with Crippen molar-refractivity contribution in [1.82, 2.24) is 0 Å². The standard InChI is InChI=1S/C18H12Cl3FSi/c19-13-1-7-16(8-2-13)23(22,17-9-3-14(20)4-10-17)18-11-5-15(21)6-12-18/h1-12H. The van der Waals surface area contributed by atoms with Crippen molar-refractivity contribution in [1.29, 1.82) is 0 Å². The lowest BCUT2D eigenvalue weighted by atomic mass is 10.3. The van der Waals surface area contributed by atoms with Crippen molar-refractivity contribution in [3.63, 3.8) is 0 Å². The summed E-state index contributed by atoms with van der Waals surface area (Å²) in [5, 5.41) is 3.64. The Morgan fingerprint density at radius 2 is 0.696 bits per heavy atom. The molecule has 0 aliphatic heterocycles. The van der Waals surface area contributed by atoms with E-state index in [0.29, 0.717) is 30.6 Å². The molecule has 0 atom stereocenters. The summed E-state index contributed by atoms with van der Waals surface area (Å²) < 4.78 is 16.4. The molecule has 3 aromatic carbocycles. The van der Waals surface area contributed by atoms with Gasteiger partial charge in [0.05, 0.1) is 0 Å². The van der Waals surface area contributed by atoms with Gasteiger partial charge in [-0.05, 0) is 52.0 Å². The van der Waals surface area contributed by atoms with E-state index in [1.54, 1.807) is 72.8 Å². The Morgan fingerprint density at radius 3 is 0.913 bits per heavy atom. The Balaban J connectivity index is 2.21. The van der Waals surface area contributed by atoms with E-state index < -0.39 is 8.41 Å². The molecule has 0 nitrogen and oxygen atoms in total. The highest BCUT2D eigenvalue weighted by molar-refractivity contribution is 7.06. The second kappa shape index (κ2) is 6.66. The molecule has 3 aromatic rings. The first-order chi connectivity index (χ1) is 11.0. The Morgan fingerprint density at radius 1 is 0.478 bits per heavy atom. The lowest BCUT2D eigenvalue weighted by Crippen LogP contribution is -2.63. The quantitative estimate of drug-likeness (QED) is 0.354. The minimum Gasteiger partial charge on any atom is -0.296 e. The van der Waals surface area contributed by atoms with E-state index in [-0.39, 0.29) is 0 Å². The lowest BCUT2D eigenvalue weighted by Gasteiger charge is -2.24. The minimum absolute atomic E-state index is 0.581. The molecule has 5 heteroatoms. The van der Waals surface area contributed by atoms with Crippen molar-refractivity contribution in [3.8, 4) is 0 Å². The van der Waals surface area contributed by atoms with Crippen molar-refractivity contribution in [2.24, 2.45) is 0 Å². The molecule has 0 aromatic heterocycles. The van der Waals surface area contributed by atoms with Gasteiger partial charge in [0.2, 0.25) is 0 Å². The molecular weight excluding hydrogens is 370 g/mol. The van der Waals surface area contributed by atoms with E-state index in [1.165, 1.54) is 0 Å². The van der Waals surface area contributed by atoms with Crippen LogP contribution in [0.3, 0.4) is 0 Å². The maximum Gasteiger partial charge on any atom is 0.339 e. The third-order valence-corrected chi connectivity index (χ3v) is 7.87. The average Bonchev–Trinajstić information content (AvgIpc) is 2.56. The number of hydrogen-bond donors (Lipinski definition) is 0. The molecule has 0 heterocycles. The molecule has 0 spiro atoms. The van der Waals surface area contributed by atoms with Gasteiger partial charge in [-0.25, -0.2) is 0 Å². The summed E-state index contributed by atoms with van der Waals surface area (Å²) in [5.41, 5.74) is 0. The summed E-state index contributed by atoms with van der Waals surface area (Å²) in [6, 6.07) is 20.8. The summed E-state index contributed by atoms with van der Waals surface area (Å²) in [5.74, 6) is 0. The molecule has 0 bridgehead atoms. The monoisotopic (exact) mass is 380 g/mol. The number of halogens is 4. The predicted molar refractivity (Wildman–Crippen MR) is 100 cm³/mol. The normalized spacial score (nSPS) is 11.5. The summed E-state index contributed by atoms with van der Waals surface area (Å²) in [6.45, 7) is 0. The van der Waals surface area contributed by atoms with Crippen LogP contribution < -0.4 is 15.6 Å². The Hall–Kier alpha value is -1.32. The highest BCUT2D eigenvalue weighted by atomic mass is 35.5. The molecule has 23 heavy (non-hydrogen) atoms. The summed E-state index contributed by atoms with van der Waals surface area (Å²) in [6.07, 6.45) is 0. The first-order valence-corrected chi connectivity index (χ1v) is 9.98. The summed E-state index contributed by atoms with van der Waals surface area (Å²) >= 11 is 17.9. The predicted octanol–water partition coefficient (Wildman–Crippen LogP) is 4.58. The van der Waals surface area contributed by atoms with Crippen molar-refractivity contribution in [2.45, 2.75) is 0 Å². The zero-order chi connectivity index (χ0) is 16.4. The van der Waals surface area contributed by atoms with Crippen LogP contribution in [0, 0.1) is 0 Å². The minimum atomic E-state index is -3.62. The summed E-state index contributed by atoms with van der Waals surface area (Å²) in [4.78, 5) is 0. The van der Waals surface area contributed by atoms with E-state index in [9.17, 15) is 0 Å². The smallest absolute Gasteiger partial charge is 0.296 e. The maximum atomic E-state index is 16.4. The second-order valence-electron chi connectivity index (χ2n) is 5.18. The molecule has 0 saturated heterocycles. The van der Waals surface area contributed by atoms with Crippen LogP contribution in [-0.2, 0) is 0 Å². The van der Waals surface area contributed by atoms with E-state index in [1.807, 2.05) is 0 Å². The lowest BCUT2D eigenvalue weighted by molar-refractivity contribution is 0.842. The number of benzene rings is 3. The molecule has 0 amide bonds. The van der Waals surface area contributed by atoms with Gasteiger partial charge in [0.15, 0.2) is 0 Å². The zero-order valence-corrected chi connectivity index (χ0v) is 15.2. The summed E-state index contributed by atoms with van der Waals surface area (Å²) in [7, 11) is -3.62. The third-order valence-electron chi connectivity index (χ3n) is 3.73. The van der Waals surface area contributed by atoms with Crippen LogP contribution in [-0.4, -0.2) is 8.41 Å². The fraction of sp³-hybridized carbons (Fsp3) is 0. The topological polar surface area (TPSA) is 0 Å². The van der Waals surface area contributed by atoms with Gasteiger partial charge >= 0.3 is 8.41 Å². The van der Waals surface area contributed by atoms with Gasteiger partial charge < -0.3 is 0 Å². The highest BCUT2D eigenvalue weighted by Crippen LogP contribution is 2.15. The largest absolute Gasteiger partial charge is 0.339 e. The van der Waals surface area contributed by atoms with Crippen LogP contribution in [0.15, 0.2) is 72.8 Å². The molecule has 0 aliphatic carbocycles. The molecule has 0 unspecified atom stereocenters. The first-order valence-electron chi connectivity index (χ1n) is 6.97. The Labute approximate surface area is 150 Å². The fourth-order valence-electron chi connectivity index (χ4n) is 2.54. The van der Waals surface area contributed by atoms with Crippen LogP contribution in [0.2, 0.25) is 15.1 Å². The molecule has 0 saturated carbocycles. The van der Waals surface area contributed by atoms with Gasteiger partial charge in [-0.15, -0.1) is 0 Å². The van der Waals surface area contributed by atoms with E-state index in [2.05, 4.69) is 0 Å². The highest BCUT2D eigenvalue weighted by Gasteiger charge is 2.41. The second-order valence-corrected chi connectivity index (χ2v) is 9.54. The van der Waals surface area contributed by atoms with Gasteiger partial charge in [0.25, 0.3) is 0 Å². The van der Waals surface area contributed by atoms with Crippen molar-refractivity contribution < 1.29 is 4.11 Å². The van der Waals surface area contributed by atoms with Crippen LogP contribution in [0.4, 0.5) is 4.11 Å². The van der Waals surface area contributed by atoms with E-state index in [0.717, 1.165) is 0 Å². The van der Waals surface area contributed by atoms with Crippen molar-refractivity contribution in [3.05, 3.63) is 87.9 Å². The third kappa shape index (κ3) is 3.31. The molecule has 3 rings (SSSR count). The van der Waals surface area contributed by atoms with Crippen LogP contribution in [0.5, 0.6) is 0 Å². The Bertz CT molecular complexity index is 688. The van der Waals surface area contributed by atoms with Crippen LogP contribution >= 0.6 is 34.8 Å². The van der Waals surface area contributed by atoms with Crippen molar-refractivity contribution in [2.75, 3.05) is 0 Å². The maximum absolute atomic E-state index is 16.4. The van der Waals surface area contributed by atoms with Gasteiger partial charge in [0, 0.05) is 15.1 Å². The SMILES string of the molecule is F[Si](c1ccc(Cl)cc1)(c1ccc(Cl)cc1)c1ccc(Cl)cc1. The average molecular weight is 382 g/mol. The Kier molecular flexibility index (Phi) is 4.79. The number of rotatable bonds is 3. The first kappa shape index (κ1) is 16.5. The molecule has 0 radical (unpaired) electrons. The van der Waals surface area contributed by atoms with Gasteiger partial charge in [-0.3, -0.25) is 4.11 Å². The van der Waals surface area contributed by atoms with Crippen molar-refractivity contribution >= 4 is 58.8 Å². The van der Waals surface area contributed by atoms with E-state index >= 15 is 4.11 Å².